The van der Waals surface area contributed by atoms with Crippen molar-refractivity contribution in [3.05, 3.63) is 28.2 Å². The fraction of sp³-hybridized carbons (Fsp3) is 0.417. The Balaban J connectivity index is 2.89. The van der Waals surface area contributed by atoms with Crippen LogP contribution >= 0.6 is 26.6 Å². The third-order valence-electron chi connectivity index (χ3n) is 2.68. The van der Waals surface area contributed by atoms with Crippen LogP contribution in [-0.2, 0) is 19.9 Å². The molecule has 9 heteroatoms. The second-order valence-corrected chi connectivity index (χ2v) is 9.49. The van der Waals surface area contributed by atoms with Gasteiger partial charge >= 0.3 is 0 Å². The maximum atomic E-state index is 12.1. The van der Waals surface area contributed by atoms with Crippen LogP contribution in [0.2, 0.25) is 0 Å². The summed E-state index contributed by atoms with van der Waals surface area (Å²) in [5.41, 5.74) is 0.182. The summed E-state index contributed by atoms with van der Waals surface area (Å²) in [5.74, 6) is 0.0667. The Morgan fingerprint density at radius 2 is 2.10 bits per heavy atom. The van der Waals surface area contributed by atoms with Crippen LogP contribution in [-0.4, -0.2) is 36.6 Å². The van der Waals surface area contributed by atoms with Crippen molar-refractivity contribution in [3.63, 3.8) is 0 Å². The minimum Gasteiger partial charge on any atom is -0.350 e. The van der Waals surface area contributed by atoms with Crippen molar-refractivity contribution in [1.82, 2.24) is 5.32 Å². The van der Waals surface area contributed by atoms with E-state index in [0.717, 1.165) is 0 Å². The van der Waals surface area contributed by atoms with E-state index in [9.17, 15) is 17.4 Å². The van der Waals surface area contributed by atoms with Crippen LogP contribution in [0.15, 0.2) is 27.6 Å². The smallest absolute Gasteiger partial charge is 0.261 e. The molecule has 0 aromatic heterocycles. The molecule has 21 heavy (non-hydrogen) atoms. The van der Waals surface area contributed by atoms with E-state index in [2.05, 4.69) is 21.2 Å². The first-order chi connectivity index (χ1) is 9.61. The molecule has 1 aromatic carbocycles. The topological polar surface area (TPSA) is 80.3 Å². The highest BCUT2D eigenvalue weighted by molar-refractivity contribution is 9.10. The van der Waals surface area contributed by atoms with E-state index >= 15 is 0 Å². The molecule has 0 saturated carbocycles. The molecule has 0 heterocycles. The highest BCUT2D eigenvalue weighted by atomic mass is 79.9. The van der Waals surface area contributed by atoms with Gasteiger partial charge < -0.3 is 5.32 Å². The molecule has 1 rings (SSSR count). The Morgan fingerprint density at radius 3 is 2.62 bits per heavy atom. The van der Waals surface area contributed by atoms with E-state index in [-0.39, 0.29) is 16.5 Å². The van der Waals surface area contributed by atoms with Crippen molar-refractivity contribution in [3.8, 4) is 0 Å². The monoisotopic (exact) mass is 415 g/mol. The average molecular weight is 417 g/mol. The zero-order valence-corrected chi connectivity index (χ0v) is 15.4. The van der Waals surface area contributed by atoms with Gasteiger partial charge in [0.15, 0.2) is 0 Å². The molecule has 118 valence electrons. The Kier molecular flexibility index (Phi) is 6.83. The van der Waals surface area contributed by atoms with Crippen molar-refractivity contribution < 1.29 is 17.4 Å². The minimum atomic E-state index is -3.89. The first-order valence-corrected chi connectivity index (χ1v) is 10.8. The van der Waals surface area contributed by atoms with Crippen molar-refractivity contribution in [2.75, 3.05) is 12.0 Å². The second-order valence-electron chi connectivity index (χ2n) is 4.52. The third-order valence-corrected chi connectivity index (χ3v) is 5.53. The number of halogens is 2. The highest BCUT2D eigenvalue weighted by Gasteiger charge is 2.17. The largest absolute Gasteiger partial charge is 0.350 e. The summed E-state index contributed by atoms with van der Waals surface area (Å²) in [6.07, 6.45) is 2.17. The molecule has 2 unspecified atom stereocenters. The summed E-state index contributed by atoms with van der Waals surface area (Å²) in [5, 5.41) is 2.73. The number of rotatable bonds is 6. The normalized spacial score (nSPS) is 14.5. The molecule has 1 aromatic rings. The predicted molar refractivity (Wildman–Crippen MR) is 87.7 cm³/mol. The summed E-state index contributed by atoms with van der Waals surface area (Å²) in [6.45, 7) is 1.79. The van der Waals surface area contributed by atoms with E-state index in [1.165, 1.54) is 18.2 Å². The number of nitrogens with one attached hydrogen (secondary N) is 1. The van der Waals surface area contributed by atoms with E-state index in [1.807, 2.05) is 0 Å². The SMILES string of the molecule is CC(CCS(C)=O)NC(=O)c1cc(S(=O)(=O)Cl)ccc1Br. The van der Waals surface area contributed by atoms with Gasteiger partial charge in [0.25, 0.3) is 15.0 Å². The van der Waals surface area contributed by atoms with E-state index in [4.69, 9.17) is 10.7 Å². The third kappa shape index (κ3) is 6.06. The minimum absolute atomic E-state index is 0.139. The van der Waals surface area contributed by atoms with Gasteiger partial charge in [0.2, 0.25) is 0 Å². The van der Waals surface area contributed by atoms with Gasteiger partial charge in [-0.3, -0.25) is 9.00 Å². The van der Waals surface area contributed by atoms with Gasteiger partial charge in [-0.2, -0.15) is 0 Å². The van der Waals surface area contributed by atoms with Crippen LogP contribution < -0.4 is 5.32 Å². The second kappa shape index (κ2) is 7.71. The standard InChI is InChI=1S/C12H15BrClNO4S2/c1-8(5-6-20(2)17)15-12(16)10-7-9(21(14,18)19)3-4-11(10)13/h3-4,7-8H,5-6H2,1-2H3,(H,15,16). The lowest BCUT2D eigenvalue weighted by Crippen LogP contribution is -2.33. The number of benzene rings is 1. The number of amides is 1. The fourth-order valence-electron chi connectivity index (χ4n) is 1.55. The Bertz CT molecular complexity index is 663. The number of carbonyl (C=O) groups is 1. The molecule has 0 saturated heterocycles. The molecule has 0 fully saturated rings. The molecule has 0 radical (unpaired) electrons. The maximum Gasteiger partial charge on any atom is 0.261 e. The highest BCUT2D eigenvalue weighted by Crippen LogP contribution is 2.23. The summed E-state index contributed by atoms with van der Waals surface area (Å²) in [7, 11) is 0.452. The van der Waals surface area contributed by atoms with Crippen LogP contribution in [0.5, 0.6) is 0 Å². The lowest BCUT2D eigenvalue weighted by Gasteiger charge is -2.14. The molecule has 5 nitrogen and oxygen atoms in total. The van der Waals surface area contributed by atoms with E-state index in [1.54, 1.807) is 13.2 Å². The first kappa shape index (κ1) is 18.6. The first-order valence-electron chi connectivity index (χ1n) is 5.96. The fourth-order valence-corrected chi connectivity index (χ4v) is 3.44. The van der Waals surface area contributed by atoms with Crippen molar-refractivity contribution in [2.24, 2.45) is 0 Å². The average Bonchev–Trinajstić information content (AvgIpc) is 2.35. The number of hydrogen-bond donors (Lipinski definition) is 1. The van der Waals surface area contributed by atoms with Gasteiger partial charge in [0, 0.05) is 44.0 Å². The molecule has 1 amide bonds. The van der Waals surface area contributed by atoms with Gasteiger partial charge in [0.1, 0.15) is 0 Å². The Labute approximate surface area is 139 Å². The zero-order chi connectivity index (χ0) is 16.2. The molecule has 2 atom stereocenters. The maximum absolute atomic E-state index is 12.1. The Hall–Kier alpha value is -0.440. The van der Waals surface area contributed by atoms with Gasteiger partial charge in [-0.1, -0.05) is 0 Å². The lowest BCUT2D eigenvalue weighted by molar-refractivity contribution is 0.0938. The van der Waals surface area contributed by atoms with Crippen LogP contribution in [0.4, 0.5) is 0 Å². The Morgan fingerprint density at radius 1 is 1.48 bits per heavy atom. The predicted octanol–water partition coefficient (Wildman–Crippen LogP) is 2.26. The summed E-state index contributed by atoms with van der Waals surface area (Å²) < 4.78 is 34.1. The van der Waals surface area contributed by atoms with E-state index in [0.29, 0.717) is 16.6 Å². The summed E-state index contributed by atoms with van der Waals surface area (Å²) >= 11 is 3.20. The van der Waals surface area contributed by atoms with Crippen molar-refractivity contribution >= 4 is 52.4 Å². The number of carbonyl (C=O) groups excluding carboxylic acids is 1. The molecule has 1 N–H and O–H groups in total. The van der Waals surface area contributed by atoms with Gasteiger partial charge in [-0.05, 0) is 47.5 Å². The zero-order valence-electron chi connectivity index (χ0n) is 11.4. The van der Waals surface area contributed by atoms with Crippen LogP contribution in [0, 0.1) is 0 Å². The molecule has 0 aliphatic heterocycles. The lowest BCUT2D eigenvalue weighted by atomic mass is 10.2. The number of hydrogen-bond acceptors (Lipinski definition) is 4. The van der Waals surface area contributed by atoms with E-state index < -0.39 is 25.8 Å². The molecule has 0 bridgehead atoms. The van der Waals surface area contributed by atoms with Crippen LogP contribution in [0.1, 0.15) is 23.7 Å². The molecule has 0 aliphatic rings. The molecular formula is C12H15BrClNO4S2. The van der Waals surface area contributed by atoms with Crippen molar-refractivity contribution in [1.29, 1.82) is 0 Å². The molecule has 0 spiro atoms. The quantitative estimate of drug-likeness (QED) is 0.721. The van der Waals surface area contributed by atoms with Crippen molar-refractivity contribution in [2.45, 2.75) is 24.3 Å². The molecular weight excluding hydrogens is 402 g/mol. The molecule has 0 aliphatic carbocycles. The van der Waals surface area contributed by atoms with Crippen LogP contribution in [0.3, 0.4) is 0 Å². The summed E-state index contributed by atoms with van der Waals surface area (Å²) in [4.78, 5) is 12.0. The van der Waals surface area contributed by atoms with Gasteiger partial charge in [0.05, 0.1) is 10.5 Å². The van der Waals surface area contributed by atoms with Crippen LogP contribution in [0.25, 0.3) is 0 Å². The van der Waals surface area contributed by atoms with Gasteiger partial charge in [-0.15, -0.1) is 0 Å². The van der Waals surface area contributed by atoms with Gasteiger partial charge in [-0.25, -0.2) is 8.42 Å². The summed E-state index contributed by atoms with van der Waals surface area (Å²) in [6, 6.07) is 3.81.